The first-order chi connectivity index (χ1) is 9.78. The molecule has 2 aliphatic rings. The first kappa shape index (κ1) is 12.0. The Morgan fingerprint density at radius 1 is 1.45 bits per heavy atom. The first-order valence-electron chi connectivity index (χ1n) is 7.44. The standard InChI is InChI=1S/C17H19N3/c1-20-10-11(5-6-18)7-14-13-3-2-4-15-17(13)12(9-19-15)8-16(14)20/h2-4,9,11,14,16,19H,5,7-8,10H2,1H3/t11-,14?,16+/m0/s1. The normalized spacial score (nSPS) is 29.1. The van der Waals surface area contributed by atoms with Crippen LogP contribution < -0.4 is 0 Å². The van der Waals surface area contributed by atoms with E-state index in [1.165, 1.54) is 22.0 Å². The van der Waals surface area contributed by atoms with Gasteiger partial charge in [0.2, 0.25) is 0 Å². The molecule has 1 aromatic heterocycles. The summed E-state index contributed by atoms with van der Waals surface area (Å²) in [5, 5.41) is 10.4. The molecule has 1 fully saturated rings. The van der Waals surface area contributed by atoms with Crippen molar-refractivity contribution in [3.8, 4) is 6.07 Å². The quantitative estimate of drug-likeness (QED) is 0.861. The van der Waals surface area contributed by atoms with Crippen molar-refractivity contribution < 1.29 is 0 Å². The number of aromatic nitrogens is 1. The second-order valence-electron chi connectivity index (χ2n) is 6.37. The third kappa shape index (κ3) is 1.61. The Balaban J connectivity index is 1.81. The molecule has 0 amide bonds. The number of fused-ring (bicyclic) bond motifs is 2. The van der Waals surface area contributed by atoms with Gasteiger partial charge in [-0.2, -0.15) is 5.26 Å². The highest BCUT2D eigenvalue weighted by molar-refractivity contribution is 5.88. The molecular formula is C17H19N3. The van der Waals surface area contributed by atoms with Gasteiger partial charge >= 0.3 is 0 Å². The summed E-state index contributed by atoms with van der Waals surface area (Å²) in [4.78, 5) is 5.89. The maximum Gasteiger partial charge on any atom is 0.0625 e. The second kappa shape index (κ2) is 4.36. The highest BCUT2D eigenvalue weighted by Crippen LogP contribution is 2.44. The smallest absolute Gasteiger partial charge is 0.0625 e. The summed E-state index contributed by atoms with van der Waals surface area (Å²) in [7, 11) is 2.22. The molecule has 0 spiro atoms. The Labute approximate surface area is 119 Å². The largest absolute Gasteiger partial charge is 0.361 e. The van der Waals surface area contributed by atoms with Gasteiger partial charge in [-0.1, -0.05) is 12.1 Å². The number of piperidine rings is 1. The minimum absolute atomic E-state index is 0.516. The van der Waals surface area contributed by atoms with E-state index >= 15 is 0 Å². The lowest BCUT2D eigenvalue weighted by Gasteiger charge is -2.45. The van der Waals surface area contributed by atoms with E-state index in [1.807, 2.05) is 0 Å². The zero-order chi connectivity index (χ0) is 13.7. The molecule has 1 saturated heterocycles. The van der Waals surface area contributed by atoms with Gasteiger partial charge in [-0.3, -0.25) is 0 Å². The molecule has 0 bridgehead atoms. The molecule has 3 nitrogen and oxygen atoms in total. The van der Waals surface area contributed by atoms with E-state index < -0.39 is 0 Å². The van der Waals surface area contributed by atoms with Crippen molar-refractivity contribution in [2.75, 3.05) is 13.6 Å². The summed E-state index contributed by atoms with van der Waals surface area (Å²) < 4.78 is 0. The van der Waals surface area contributed by atoms with Crippen LogP contribution in [-0.2, 0) is 6.42 Å². The monoisotopic (exact) mass is 265 g/mol. The van der Waals surface area contributed by atoms with Crippen molar-refractivity contribution >= 4 is 10.9 Å². The fraction of sp³-hybridized carbons (Fsp3) is 0.471. The van der Waals surface area contributed by atoms with Gasteiger partial charge < -0.3 is 9.88 Å². The van der Waals surface area contributed by atoms with Crippen LogP contribution in [0.5, 0.6) is 0 Å². The molecule has 3 atom stereocenters. The molecule has 1 unspecified atom stereocenters. The third-order valence-corrected chi connectivity index (χ3v) is 5.19. The number of hydrogen-bond acceptors (Lipinski definition) is 2. The van der Waals surface area contributed by atoms with Crippen LogP contribution in [0.25, 0.3) is 10.9 Å². The number of nitrogens with zero attached hydrogens (tertiary/aromatic N) is 2. The van der Waals surface area contributed by atoms with E-state index in [0.29, 0.717) is 24.3 Å². The average molecular weight is 265 g/mol. The van der Waals surface area contributed by atoms with Crippen molar-refractivity contribution in [3.05, 3.63) is 35.5 Å². The second-order valence-corrected chi connectivity index (χ2v) is 6.37. The molecule has 1 aliphatic heterocycles. The Bertz CT molecular complexity index is 694. The molecule has 1 aromatic carbocycles. The molecule has 1 N–H and O–H groups in total. The van der Waals surface area contributed by atoms with Crippen LogP contribution in [0.1, 0.15) is 29.9 Å². The Hall–Kier alpha value is -1.79. The first-order valence-corrected chi connectivity index (χ1v) is 7.44. The topological polar surface area (TPSA) is 42.8 Å². The minimum atomic E-state index is 0.516. The number of benzene rings is 1. The number of rotatable bonds is 1. The molecule has 1 aliphatic carbocycles. The fourth-order valence-corrected chi connectivity index (χ4v) is 4.33. The summed E-state index contributed by atoms with van der Waals surface area (Å²) in [5.74, 6) is 1.10. The lowest BCUT2D eigenvalue weighted by atomic mass is 9.72. The van der Waals surface area contributed by atoms with Gasteiger partial charge in [-0.15, -0.1) is 0 Å². The molecule has 2 aromatic rings. The van der Waals surface area contributed by atoms with Crippen LogP contribution in [0.3, 0.4) is 0 Å². The summed E-state index contributed by atoms with van der Waals surface area (Å²) in [5.41, 5.74) is 4.22. The van der Waals surface area contributed by atoms with Gasteiger partial charge in [0.25, 0.3) is 0 Å². The van der Waals surface area contributed by atoms with E-state index in [1.54, 1.807) is 0 Å². The Morgan fingerprint density at radius 3 is 3.20 bits per heavy atom. The van der Waals surface area contributed by atoms with Gasteiger partial charge in [0, 0.05) is 42.0 Å². The highest BCUT2D eigenvalue weighted by Gasteiger charge is 2.39. The number of aromatic amines is 1. The minimum Gasteiger partial charge on any atom is -0.361 e. The summed E-state index contributed by atoms with van der Waals surface area (Å²) >= 11 is 0. The maximum atomic E-state index is 9.00. The van der Waals surface area contributed by atoms with Crippen LogP contribution in [0.4, 0.5) is 0 Å². The maximum absolute atomic E-state index is 9.00. The average Bonchev–Trinajstić information content (AvgIpc) is 2.86. The van der Waals surface area contributed by atoms with Gasteiger partial charge in [0.15, 0.2) is 0 Å². The number of hydrogen-bond donors (Lipinski definition) is 1. The fourth-order valence-electron chi connectivity index (χ4n) is 4.33. The lowest BCUT2D eigenvalue weighted by Crippen LogP contribution is -2.47. The van der Waals surface area contributed by atoms with Gasteiger partial charge in [0.1, 0.15) is 0 Å². The van der Waals surface area contributed by atoms with Crippen LogP contribution in [0.15, 0.2) is 24.4 Å². The van der Waals surface area contributed by atoms with E-state index in [9.17, 15) is 0 Å². The Kier molecular flexibility index (Phi) is 2.61. The molecule has 4 rings (SSSR count). The summed E-state index contributed by atoms with van der Waals surface area (Å²) in [6.45, 7) is 1.06. The van der Waals surface area contributed by atoms with Gasteiger partial charge in [-0.05, 0) is 43.0 Å². The van der Waals surface area contributed by atoms with Crippen LogP contribution in [0, 0.1) is 17.2 Å². The Morgan fingerprint density at radius 2 is 2.35 bits per heavy atom. The van der Waals surface area contributed by atoms with E-state index in [4.69, 9.17) is 5.26 Å². The van der Waals surface area contributed by atoms with Crippen LogP contribution >= 0.6 is 0 Å². The lowest BCUT2D eigenvalue weighted by molar-refractivity contribution is 0.113. The molecule has 102 valence electrons. The van der Waals surface area contributed by atoms with Crippen LogP contribution in [0.2, 0.25) is 0 Å². The van der Waals surface area contributed by atoms with E-state index in [-0.39, 0.29) is 0 Å². The summed E-state index contributed by atoms with van der Waals surface area (Å²) in [6, 6.07) is 9.58. The van der Waals surface area contributed by atoms with Crippen LogP contribution in [-0.4, -0.2) is 29.5 Å². The zero-order valence-corrected chi connectivity index (χ0v) is 11.8. The third-order valence-electron chi connectivity index (χ3n) is 5.19. The van der Waals surface area contributed by atoms with Gasteiger partial charge in [0.05, 0.1) is 6.07 Å². The summed E-state index contributed by atoms with van der Waals surface area (Å²) in [6.07, 6.45) is 5.16. The van der Waals surface area contributed by atoms with Crippen molar-refractivity contribution in [2.24, 2.45) is 5.92 Å². The predicted octanol–water partition coefficient (Wildman–Crippen LogP) is 3.04. The molecule has 3 heteroatoms. The molecule has 0 radical (unpaired) electrons. The SMILES string of the molecule is CN1C[C@@H](CC#N)CC2c3cccc4[nH]cc(c34)C[C@H]21. The number of H-pyrrole nitrogens is 1. The highest BCUT2D eigenvalue weighted by atomic mass is 15.1. The van der Waals surface area contributed by atoms with Crippen molar-refractivity contribution in [1.82, 2.24) is 9.88 Å². The molecular weight excluding hydrogens is 246 g/mol. The van der Waals surface area contributed by atoms with E-state index in [0.717, 1.165) is 19.4 Å². The molecule has 20 heavy (non-hydrogen) atoms. The number of likely N-dealkylation sites (N-methyl/N-ethyl adjacent to an activating group) is 1. The van der Waals surface area contributed by atoms with Crippen molar-refractivity contribution in [2.45, 2.75) is 31.2 Å². The molecule has 2 heterocycles. The number of likely N-dealkylation sites (tertiary alicyclic amines) is 1. The van der Waals surface area contributed by atoms with Crippen molar-refractivity contribution in [3.63, 3.8) is 0 Å². The zero-order valence-electron chi connectivity index (χ0n) is 11.8. The van der Waals surface area contributed by atoms with E-state index in [2.05, 4.69) is 47.4 Å². The number of nitrogens with one attached hydrogen (secondary N) is 1. The molecule has 0 saturated carbocycles. The van der Waals surface area contributed by atoms with Gasteiger partial charge in [-0.25, -0.2) is 0 Å². The number of nitriles is 1. The van der Waals surface area contributed by atoms with Crippen molar-refractivity contribution in [1.29, 1.82) is 5.26 Å². The predicted molar refractivity (Wildman–Crippen MR) is 79.5 cm³/mol.